The minimum Gasteiger partial charge on any atom is -0.408 e. The third-order valence-electron chi connectivity index (χ3n) is 2.01. The highest BCUT2D eigenvalue weighted by Crippen LogP contribution is 2.35. The monoisotopic (exact) mass is 325 g/mol. The van der Waals surface area contributed by atoms with Crippen LogP contribution in [0, 0.1) is 0 Å². The van der Waals surface area contributed by atoms with E-state index in [9.17, 15) is 0 Å². The predicted octanol–water partition coefficient (Wildman–Crippen LogP) is 4.55. The molecule has 0 amide bonds. The summed E-state index contributed by atoms with van der Waals surface area (Å²) in [5.74, 6) is 0.845. The van der Waals surface area contributed by atoms with Crippen molar-refractivity contribution in [3.05, 3.63) is 33.1 Å². The molecule has 0 saturated heterocycles. The Morgan fingerprint density at radius 3 is 2.39 bits per heavy atom. The smallest absolute Gasteiger partial charge is 0.320 e. The summed E-state index contributed by atoms with van der Waals surface area (Å²) in [5.41, 5.74) is 0.462. The first-order valence-electron chi connectivity index (χ1n) is 4.90. The van der Waals surface area contributed by atoms with Gasteiger partial charge in [-0.25, -0.2) is 0 Å². The fourth-order valence-electron chi connectivity index (χ4n) is 1.25. The first kappa shape index (κ1) is 13.7. The second-order valence-corrected chi connectivity index (χ2v) is 4.94. The Bertz CT molecular complexity index is 535. The van der Waals surface area contributed by atoms with Crippen LogP contribution >= 0.6 is 46.4 Å². The van der Waals surface area contributed by atoms with Gasteiger partial charge in [0.05, 0.1) is 15.7 Å². The van der Waals surface area contributed by atoms with Gasteiger partial charge in [0.15, 0.2) is 0 Å². The average Bonchev–Trinajstić information content (AvgIpc) is 2.72. The van der Waals surface area contributed by atoms with Gasteiger partial charge in [-0.15, -0.1) is 16.7 Å². The Morgan fingerprint density at radius 2 is 1.78 bits per heavy atom. The van der Waals surface area contributed by atoms with Crippen molar-refractivity contribution in [2.45, 2.75) is 6.42 Å². The summed E-state index contributed by atoms with van der Waals surface area (Å²) >= 11 is 23.4. The number of hydrogen-bond donors (Lipinski definition) is 1. The second-order valence-electron chi connectivity index (χ2n) is 3.31. The van der Waals surface area contributed by atoms with E-state index in [1.54, 1.807) is 12.1 Å². The van der Waals surface area contributed by atoms with E-state index in [1.807, 2.05) is 0 Å². The molecule has 8 heteroatoms. The van der Waals surface area contributed by atoms with Crippen LogP contribution < -0.4 is 5.32 Å². The van der Waals surface area contributed by atoms with Gasteiger partial charge in [0.25, 0.3) is 0 Å². The van der Waals surface area contributed by atoms with Crippen molar-refractivity contribution in [3.8, 4) is 0 Å². The van der Waals surface area contributed by atoms with Crippen LogP contribution in [0.1, 0.15) is 5.89 Å². The van der Waals surface area contributed by atoms with Crippen LogP contribution in [0.25, 0.3) is 0 Å². The number of halogens is 4. The minimum absolute atomic E-state index is 0.196. The average molecular weight is 327 g/mol. The molecule has 0 atom stereocenters. The number of rotatable bonds is 4. The summed E-state index contributed by atoms with van der Waals surface area (Å²) in [7, 11) is 0. The Balaban J connectivity index is 2.22. The zero-order valence-electron chi connectivity index (χ0n) is 8.88. The lowest BCUT2D eigenvalue weighted by molar-refractivity contribution is 0.516. The molecule has 2 aromatic rings. The topological polar surface area (TPSA) is 51.0 Å². The van der Waals surface area contributed by atoms with Crippen molar-refractivity contribution < 1.29 is 4.42 Å². The van der Waals surface area contributed by atoms with E-state index < -0.39 is 0 Å². The number of aryl methyl sites for hydroxylation is 1. The highest BCUT2D eigenvalue weighted by Gasteiger charge is 2.12. The lowest BCUT2D eigenvalue weighted by atomic mass is 10.3. The highest BCUT2D eigenvalue weighted by atomic mass is 35.5. The van der Waals surface area contributed by atoms with Crippen molar-refractivity contribution in [1.82, 2.24) is 10.2 Å². The number of alkyl halides is 1. The normalized spacial score (nSPS) is 10.7. The molecule has 1 aromatic heterocycles. The molecule has 0 aliphatic rings. The van der Waals surface area contributed by atoms with Gasteiger partial charge < -0.3 is 9.73 Å². The molecule has 0 aliphatic heterocycles. The molecule has 0 spiro atoms. The van der Waals surface area contributed by atoms with Crippen LogP contribution in [0.3, 0.4) is 0 Å². The molecule has 0 radical (unpaired) electrons. The van der Waals surface area contributed by atoms with Crippen molar-refractivity contribution in [3.63, 3.8) is 0 Å². The lowest BCUT2D eigenvalue weighted by Crippen LogP contribution is -1.92. The molecule has 0 unspecified atom stereocenters. The minimum atomic E-state index is 0.196. The molecule has 18 heavy (non-hydrogen) atoms. The van der Waals surface area contributed by atoms with Crippen molar-refractivity contribution in [1.29, 1.82) is 0 Å². The van der Waals surface area contributed by atoms with E-state index in [2.05, 4.69) is 15.5 Å². The van der Waals surface area contributed by atoms with Gasteiger partial charge in [-0.3, -0.25) is 0 Å². The molecule has 1 heterocycles. The van der Waals surface area contributed by atoms with Gasteiger partial charge in [0, 0.05) is 17.3 Å². The number of aromatic nitrogens is 2. The van der Waals surface area contributed by atoms with Crippen LogP contribution in [-0.2, 0) is 6.42 Å². The van der Waals surface area contributed by atoms with Crippen molar-refractivity contribution >= 4 is 58.1 Å². The number of nitrogens with zero attached hydrogens (tertiary/aromatic N) is 2. The number of anilines is 2. The lowest BCUT2D eigenvalue weighted by Gasteiger charge is -2.06. The van der Waals surface area contributed by atoms with Crippen LogP contribution in [0.5, 0.6) is 0 Å². The SMILES string of the molecule is ClCCc1nnc(Nc2c(Cl)cc(Cl)cc2Cl)o1. The van der Waals surface area contributed by atoms with Gasteiger partial charge >= 0.3 is 6.01 Å². The summed E-state index contributed by atoms with van der Waals surface area (Å²) in [6.07, 6.45) is 0.498. The van der Waals surface area contributed by atoms with Crippen LogP contribution in [0.15, 0.2) is 16.5 Å². The standard InChI is InChI=1S/C10H7Cl4N3O/c11-2-1-8-16-17-10(18-8)15-9-6(13)3-5(12)4-7(9)14/h3-4H,1-2H2,(H,15,17). The first-order chi connectivity index (χ1) is 8.60. The highest BCUT2D eigenvalue weighted by molar-refractivity contribution is 6.41. The van der Waals surface area contributed by atoms with E-state index in [0.717, 1.165) is 0 Å². The maximum Gasteiger partial charge on any atom is 0.320 e. The molecule has 96 valence electrons. The van der Waals surface area contributed by atoms with E-state index >= 15 is 0 Å². The fraction of sp³-hybridized carbons (Fsp3) is 0.200. The van der Waals surface area contributed by atoms with Gasteiger partial charge in [0.2, 0.25) is 5.89 Å². The van der Waals surface area contributed by atoms with E-state index in [1.165, 1.54) is 0 Å². The molecule has 0 saturated carbocycles. The summed E-state index contributed by atoms with van der Waals surface area (Å²) in [4.78, 5) is 0. The van der Waals surface area contributed by atoms with Crippen molar-refractivity contribution in [2.75, 3.05) is 11.2 Å². The second kappa shape index (κ2) is 5.97. The largest absolute Gasteiger partial charge is 0.408 e. The summed E-state index contributed by atoms with van der Waals surface area (Å²) in [6, 6.07) is 3.32. The van der Waals surface area contributed by atoms with Crippen LogP contribution in [0.4, 0.5) is 11.7 Å². The summed E-state index contributed by atoms with van der Waals surface area (Å²) in [6.45, 7) is 0. The van der Waals surface area contributed by atoms with Gasteiger partial charge in [-0.2, -0.15) is 0 Å². The third kappa shape index (κ3) is 3.20. The molecule has 4 nitrogen and oxygen atoms in total. The molecular weight excluding hydrogens is 320 g/mol. The van der Waals surface area contributed by atoms with Crippen LogP contribution in [0.2, 0.25) is 15.1 Å². The summed E-state index contributed by atoms with van der Waals surface area (Å²) in [5, 5.41) is 11.6. The van der Waals surface area contributed by atoms with E-state index in [-0.39, 0.29) is 6.01 Å². The van der Waals surface area contributed by atoms with Gasteiger partial charge in [0.1, 0.15) is 0 Å². The summed E-state index contributed by atoms with van der Waals surface area (Å²) < 4.78 is 5.30. The fourth-order valence-corrected chi connectivity index (χ4v) is 2.33. The molecule has 1 N–H and O–H groups in total. The van der Waals surface area contributed by atoms with E-state index in [4.69, 9.17) is 50.8 Å². The zero-order chi connectivity index (χ0) is 13.1. The Morgan fingerprint density at radius 1 is 1.11 bits per heavy atom. The zero-order valence-corrected chi connectivity index (χ0v) is 11.9. The molecule has 0 fully saturated rings. The first-order valence-corrected chi connectivity index (χ1v) is 6.57. The number of nitrogens with one attached hydrogen (secondary N) is 1. The number of hydrogen-bond acceptors (Lipinski definition) is 4. The Hall–Kier alpha value is -0.680. The quantitative estimate of drug-likeness (QED) is 0.837. The molecule has 0 aliphatic carbocycles. The molecule has 1 aromatic carbocycles. The van der Waals surface area contributed by atoms with E-state index in [0.29, 0.717) is 38.9 Å². The number of benzene rings is 1. The maximum absolute atomic E-state index is 6.01. The van der Waals surface area contributed by atoms with Crippen LogP contribution in [-0.4, -0.2) is 16.1 Å². The molecule has 0 bridgehead atoms. The predicted molar refractivity (Wildman–Crippen MR) is 73.5 cm³/mol. The van der Waals surface area contributed by atoms with Gasteiger partial charge in [-0.05, 0) is 12.1 Å². The molecule has 2 rings (SSSR count). The third-order valence-corrected chi connectivity index (χ3v) is 3.02. The Kier molecular flexibility index (Phi) is 4.56. The maximum atomic E-state index is 6.01. The Labute approximate surface area is 123 Å². The van der Waals surface area contributed by atoms with Crippen molar-refractivity contribution in [2.24, 2.45) is 0 Å². The van der Waals surface area contributed by atoms with Gasteiger partial charge in [-0.1, -0.05) is 39.9 Å². The molecular formula is C10H7Cl4N3O.